The molecule has 0 bridgehead atoms. The zero-order valence-corrected chi connectivity index (χ0v) is 24.9. The average Bonchev–Trinajstić information content (AvgIpc) is 3.69. The van der Waals surface area contributed by atoms with E-state index in [4.69, 9.17) is 4.74 Å². The lowest BCUT2D eigenvalue weighted by Gasteiger charge is -2.30. The molecule has 6 rings (SSSR count). The number of para-hydroxylation sites is 1. The average molecular weight is 591 g/mol. The zero-order chi connectivity index (χ0) is 29.6. The van der Waals surface area contributed by atoms with E-state index in [1.54, 1.807) is 42.2 Å². The summed E-state index contributed by atoms with van der Waals surface area (Å²) in [4.78, 5) is 29.9. The maximum Gasteiger partial charge on any atom is 0.261 e. The molecule has 0 radical (unpaired) electrons. The van der Waals surface area contributed by atoms with Crippen LogP contribution in [0.3, 0.4) is 0 Å². The number of nitrogens with one attached hydrogen (secondary N) is 3. The molecule has 2 aliphatic rings. The van der Waals surface area contributed by atoms with Crippen LogP contribution in [0, 0.1) is 5.92 Å². The molecule has 2 amide bonds. The summed E-state index contributed by atoms with van der Waals surface area (Å²) >= 11 is 0. The minimum atomic E-state index is -3.30. The Kier molecular flexibility index (Phi) is 7.23. The number of carbonyl (C=O) groups is 2. The molecule has 2 aliphatic heterocycles. The molecule has 4 heterocycles. The van der Waals surface area contributed by atoms with Gasteiger partial charge in [-0.05, 0) is 49.3 Å². The van der Waals surface area contributed by atoms with Gasteiger partial charge in [0.15, 0.2) is 5.60 Å². The molecular weight excluding hydrogens is 555 g/mol. The van der Waals surface area contributed by atoms with Crippen molar-refractivity contribution in [3.05, 3.63) is 71.7 Å². The van der Waals surface area contributed by atoms with Crippen LogP contribution in [-0.4, -0.2) is 58.0 Å². The third-order valence-electron chi connectivity index (χ3n) is 8.62. The highest BCUT2D eigenvalue weighted by atomic mass is 28.4. The van der Waals surface area contributed by atoms with Crippen LogP contribution < -0.4 is 10.6 Å². The van der Waals surface area contributed by atoms with E-state index in [0.29, 0.717) is 42.0 Å². The predicted molar refractivity (Wildman–Crippen MR) is 159 cm³/mol. The van der Waals surface area contributed by atoms with Crippen LogP contribution in [0.1, 0.15) is 30.2 Å². The summed E-state index contributed by atoms with van der Waals surface area (Å²) in [5.41, 5.74) is 2.47. The Bertz CT molecular complexity index is 1650. The highest BCUT2D eigenvalue weighted by Gasteiger charge is 2.65. The number of aryl methyl sites for hydroxylation is 1. The standard InChI is InChI=1S/C30H35FN6O4Si/c1-18-28(42(2,3)31)26(10-12-37-17-21(11-13-38)35-36-37)41-30(18)23-15-20(8-9-25(23)34-29(30)40)33-27(39)14-19-16-32-24-7-5-4-6-22(19)24/h4-9,15-18,26,28,32,38H,10-14H2,1-3H3,(H,33,39)(H,34,40)/t18-,26+,28-,30+/m1/s1. The quantitative estimate of drug-likeness (QED) is 0.170. The fourth-order valence-electron chi connectivity index (χ4n) is 6.81. The molecule has 2 aromatic heterocycles. The minimum absolute atomic E-state index is 0.0197. The first-order chi connectivity index (χ1) is 20.1. The van der Waals surface area contributed by atoms with Crippen LogP contribution in [0.4, 0.5) is 15.5 Å². The minimum Gasteiger partial charge on any atom is -0.396 e. The Balaban J connectivity index is 1.25. The first-order valence-electron chi connectivity index (χ1n) is 14.3. The first kappa shape index (κ1) is 28.3. The molecule has 1 fully saturated rings. The molecular formula is C30H35FN6O4Si. The van der Waals surface area contributed by atoms with Crippen LogP contribution in [0.2, 0.25) is 18.6 Å². The van der Waals surface area contributed by atoms with Crippen molar-refractivity contribution in [3.8, 4) is 0 Å². The zero-order valence-electron chi connectivity index (χ0n) is 23.9. The SMILES string of the molecule is C[C@@H]1[C@@H]([Si](C)(C)F)[C@H](CCn2cc(CCO)nn2)O[C@@]12C(=O)Nc1ccc(NC(=O)Cc3c[nH]c4ccccc34)cc12. The van der Waals surface area contributed by atoms with E-state index in [1.807, 2.05) is 37.4 Å². The number of aromatic amines is 1. The predicted octanol–water partition coefficient (Wildman–Crippen LogP) is 4.29. The number of fused-ring (bicyclic) bond motifs is 3. The van der Waals surface area contributed by atoms with Crippen molar-refractivity contribution in [1.29, 1.82) is 0 Å². The van der Waals surface area contributed by atoms with Crippen LogP contribution in [0.25, 0.3) is 10.9 Å². The van der Waals surface area contributed by atoms with Crippen molar-refractivity contribution in [1.82, 2.24) is 20.0 Å². The van der Waals surface area contributed by atoms with Crippen molar-refractivity contribution in [3.63, 3.8) is 0 Å². The molecule has 10 nitrogen and oxygen atoms in total. The summed E-state index contributed by atoms with van der Waals surface area (Å²) in [5, 5.41) is 24.3. The van der Waals surface area contributed by atoms with Gasteiger partial charge in [0.2, 0.25) is 14.3 Å². The molecule has 4 atom stereocenters. The second kappa shape index (κ2) is 10.8. The van der Waals surface area contributed by atoms with Gasteiger partial charge in [0.05, 0.1) is 18.2 Å². The van der Waals surface area contributed by atoms with Gasteiger partial charge in [-0.25, -0.2) is 0 Å². The van der Waals surface area contributed by atoms with Gasteiger partial charge >= 0.3 is 0 Å². The number of rotatable bonds is 9. The normalized spacial score (nSPS) is 23.5. The van der Waals surface area contributed by atoms with Gasteiger partial charge in [0.25, 0.3) is 5.91 Å². The van der Waals surface area contributed by atoms with Gasteiger partial charge in [-0.15, -0.1) is 5.10 Å². The van der Waals surface area contributed by atoms with Gasteiger partial charge < -0.3 is 29.6 Å². The number of benzene rings is 2. The summed E-state index contributed by atoms with van der Waals surface area (Å²) < 4.78 is 24.2. The lowest BCUT2D eigenvalue weighted by atomic mass is 9.82. The van der Waals surface area contributed by atoms with E-state index in [0.717, 1.165) is 16.5 Å². The second-order valence-corrected chi connectivity index (χ2v) is 15.6. The lowest BCUT2D eigenvalue weighted by Crippen LogP contribution is -2.42. The molecule has 0 unspecified atom stereocenters. The molecule has 1 saturated heterocycles. The number of carbonyl (C=O) groups excluding carboxylic acids is 2. The molecule has 4 aromatic rings. The molecule has 220 valence electrons. The van der Waals surface area contributed by atoms with Crippen molar-refractivity contribution in [2.75, 3.05) is 17.2 Å². The van der Waals surface area contributed by atoms with E-state index in [9.17, 15) is 14.7 Å². The molecule has 0 aliphatic carbocycles. The third-order valence-corrected chi connectivity index (χ3v) is 11.1. The number of amides is 2. The van der Waals surface area contributed by atoms with Crippen LogP contribution in [-0.2, 0) is 39.3 Å². The summed E-state index contributed by atoms with van der Waals surface area (Å²) in [6.45, 7) is 5.63. The number of hydrogen-bond donors (Lipinski definition) is 4. The maximum atomic E-state index is 15.9. The first-order valence-corrected chi connectivity index (χ1v) is 17.2. The number of H-pyrrole nitrogens is 1. The van der Waals surface area contributed by atoms with Crippen LogP contribution >= 0.6 is 0 Å². The van der Waals surface area contributed by atoms with Crippen LogP contribution in [0.5, 0.6) is 0 Å². The Morgan fingerprint density at radius 2 is 2.07 bits per heavy atom. The van der Waals surface area contributed by atoms with Crippen molar-refractivity contribution in [2.24, 2.45) is 5.92 Å². The van der Waals surface area contributed by atoms with E-state index >= 15 is 4.11 Å². The molecule has 0 saturated carbocycles. The Hall–Kier alpha value is -3.87. The number of aliphatic hydroxyl groups excluding tert-OH is 1. The number of aliphatic hydroxyl groups is 1. The smallest absolute Gasteiger partial charge is 0.261 e. The summed E-state index contributed by atoms with van der Waals surface area (Å²) in [5.74, 6) is -0.940. The Morgan fingerprint density at radius 3 is 2.86 bits per heavy atom. The van der Waals surface area contributed by atoms with Crippen molar-refractivity contribution in [2.45, 2.75) is 63.1 Å². The summed E-state index contributed by atoms with van der Waals surface area (Å²) in [6, 6.07) is 13.1. The number of aromatic nitrogens is 4. The Morgan fingerprint density at radius 1 is 1.26 bits per heavy atom. The number of halogens is 1. The monoisotopic (exact) mass is 590 g/mol. The third kappa shape index (κ3) is 4.93. The highest BCUT2D eigenvalue weighted by Crippen LogP contribution is 2.59. The molecule has 2 aromatic carbocycles. The fourth-order valence-corrected chi connectivity index (χ4v) is 9.35. The van der Waals surface area contributed by atoms with Gasteiger partial charge in [-0.2, -0.15) is 0 Å². The molecule has 1 spiro atoms. The van der Waals surface area contributed by atoms with Gasteiger partial charge in [-0.3, -0.25) is 14.3 Å². The van der Waals surface area contributed by atoms with Gasteiger partial charge in [-0.1, -0.05) is 30.3 Å². The second-order valence-electron chi connectivity index (χ2n) is 11.8. The largest absolute Gasteiger partial charge is 0.396 e. The molecule has 12 heteroatoms. The lowest BCUT2D eigenvalue weighted by molar-refractivity contribution is -0.143. The van der Waals surface area contributed by atoms with Crippen molar-refractivity contribution >= 4 is 42.5 Å². The van der Waals surface area contributed by atoms with E-state index in [-0.39, 0.29) is 24.8 Å². The fraction of sp³-hybridized carbons (Fsp3) is 0.400. The molecule has 42 heavy (non-hydrogen) atoms. The van der Waals surface area contributed by atoms with Crippen molar-refractivity contribution < 1.29 is 23.5 Å². The van der Waals surface area contributed by atoms with Crippen LogP contribution in [0.15, 0.2) is 54.9 Å². The number of nitrogens with zero attached hydrogens (tertiary/aromatic N) is 3. The molecule has 4 N–H and O–H groups in total. The topological polar surface area (TPSA) is 134 Å². The maximum absolute atomic E-state index is 15.9. The summed E-state index contributed by atoms with van der Waals surface area (Å²) in [6.07, 6.45) is 4.13. The number of anilines is 2. The van der Waals surface area contributed by atoms with E-state index < -0.39 is 31.6 Å². The van der Waals surface area contributed by atoms with E-state index in [2.05, 4.69) is 25.9 Å². The highest BCUT2D eigenvalue weighted by molar-refractivity contribution is 6.72. The van der Waals surface area contributed by atoms with Gasteiger partial charge in [0.1, 0.15) is 0 Å². The number of ether oxygens (including phenoxy) is 1. The number of hydrogen-bond acceptors (Lipinski definition) is 6. The Labute approximate surface area is 243 Å². The van der Waals surface area contributed by atoms with E-state index in [1.165, 1.54) is 0 Å². The van der Waals surface area contributed by atoms with Gasteiger partial charge in [0, 0.05) is 71.3 Å². The summed E-state index contributed by atoms with van der Waals surface area (Å²) in [7, 11) is -3.30.